The van der Waals surface area contributed by atoms with Crippen molar-refractivity contribution < 1.29 is 9.59 Å². The van der Waals surface area contributed by atoms with E-state index in [0.29, 0.717) is 34.3 Å². The number of benzene rings is 3. The molecule has 0 aliphatic heterocycles. The SMILES string of the molecule is O=C(CCc1ccccc1)Nc1cccc(NCC(=O)Nc2cc(Cl)cc(Cl)c2)c1. The van der Waals surface area contributed by atoms with Crippen molar-refractivity contribution >= 4 is 52.1 Å². The smallest absolute Gasteiger partial charge is 0.243 e. The van der Waals surface area contributed by atoms with E-state index in [1.54, 1.807) is 30.3 Å². The van der Waals surface area contributed by atoms with Gasteiger partial charge in [-0.2, -0.15) is 0 Å². The fourth-order valence-corrected chi connectivity index (χ4v) is 3.37. The van der Waals surface area contributed by atoms with Crippen molar-refractivity contribution in [1.82, 2.24) is 0 Å². The molecule has 0 aromatic heterocycles. The number of carbonyl (C=O) groups is 2. The summed E-state index contributed by atoms with van der Waals surface area (Å²) in [5.41, 5.74) is 3.03. The molecule has 2 amide bonds. The van der Waals surface area contributed by atoms with Gasteiger partial charge in [0.2, 0.25) is 11.8 Å². The minimum Gasteiger partial charge on any atom is -0.376 e. The maximum absolute atomic E-state index is 12.2. The summed E-state index contributed by atoms with van der Waals surface area (Å²) in [4.78, 5) is 24.4. The highest BCUT2D eigenvalue weighted by Gasteiger charge is 2.07. The summed E-state index contributed by atoms with van der Waals surface area (Å²) < 4.78 is 0. The van der Waals surface area contributed by atoms with Gasteiger partial charge in [0.1, 0.15) is 0 Å². The fraction of sp³-hybridized carbons (Fsp3) is 0.130. The van der Waals surface area contributed by atoms with E-state index >= 15 is 0 Å². The second kappa shape index (κ2) is 10.7. The minimum absolute atomic E-state index is 0.0511. The lowest BCUT2D eigenvalue weighted by molar-refractivity contribution is -0.116. The van der Waals surface area contributed by atoms with Gasteiger partial charge in [-0.3, -0.25) is 9.59 Å². The molecule has 0 bridgehead atoms. The van der Waals surface area contributed by atoms with E-state index in [0.717, 1.165) is 11.3 Å². The molecule has 3 aromatic carbocycles. The molecule has 0 fully saturated rings. The molecular formula is C23H21Cl2N3O2. The molecule has 0 aliphatic rings. The van der Waals surface area contributed by atoms with Crippen molar-refractivity contribution in [3.05, 3.63) is 88.4 Å². The Kier molecular flexibility index (Phi) is 7.71. The monoisotopic (exact) mass is 441 g/mol. The van der Waals surface area contributed by atoms with E-state index in [1.807, 2.05) is 42.5 Å². The van der Waals surface area contributed by atoms with Gasteiger partial charge >= 0.3 is 0 Å². The standard InChI is InChI=1S/C23H21Cl2N3O2/c24-17-11-18(25)13-21(12-17)28-23(30)15-26-19-7-4-8-20(14-19)27-22(29)10-9-16-5-2-1-3-6-16/h1-8,11-14,26H,9-10,15H2,(H,27,29)(H,28,30). The number of hydrogen-bond donors (Lipinski definition) is 3. The van der Waals surface area contributed by atoms with Crippen LogP contribution in [0.2, 0.25) is 10.0 Å². The third-order valence-corrected chi connectivity index (χ3v) is 4.67. The molecular weight excluding hydrogens is 421 g/mol. The van der Waals surface area contributed by atoms with Crippen LogP contribution < -0.4 is 16.0 Å². The first-order valence-corrected chi connectivity index (χ1v) is 10.2. The Morgan fingerprint density at radius 1 is 0.700 bits per heavy atom. The van der Waals surface area contributed by atoms with E-state index in [4.69, 9.17) is 23.2 Å². The summed E-state index contributed by atoms with van der Waals surface area (Å²) in [6.45, 7) is 0.0511. The van der Waals surface area contributed by atoms with Crippen LogP contribution >= 0.6 is 23.2 Å². The molecule has 3 aromatic rings. The summed E-state index contributed by atoms with van der Waals surface area (Å²) in [6, 6.07) is 21.9. The Balaban J connectivity index is 1.48. The normalized spacial score (nSPS) is 10.3. The zero-order chi connectivity index (χ0) is 21.3. The first kappa shape index (κ1) is 21.7. The van der Waals surface area contributed by atoms with E-state index in [-0.39, 0.29) is 18.4 Å². The van der Waals surface area contributed by atoms with Crippen LogP contribution in [0.1, 0.15) is 12.0 Å². The molecule has 3 N–H and O–H groups in total. The molecule has 0 atom stereocenters. The fourth-order valence-electron chi connectivity index (χ4n) is 2.85. The van der Waals surface area contributed by atoms with Gasteiger partial charge in [-0.15, -0.1) is 0 Å². The minimum atomic E-state index is -0.245. The molecule has 0 spiro atoms. The second-order valence-electron chi connectivity index (χ2n) is 6.67. The molecule has 154 valence electrons. The molecule has 3 rings (SSSR count). The van der Waals surface area contributed by atoms with Crippen LogP contribution in [-0.4, -0.2) is 18.4 Å². The first-order valence-electron chi connectivity index (χ1n) is 9.41. The quantitative estimate of drug-likeness (QED) is 0.424. The average Bonchev–Trinajstić information content (AvgIpc) is 2.71. The number of halogens is 2. The Morgan fingerprint density at radius 2 is 1.37 bits per heavy atom. The summed E-state index contributed by atoms with van der Waals surface area (Å²) in [6.07, 6.45) is 1.07. The Hall–Kier alpha value is -3.02. The first-order chi connectivity index (χ1) is 14.5. The zero-order valence-corrected chi connectivity index (χ0v) is 17.6. The highest BCUT2D eigenvalue weighted by molar-refractivity contribution is 6.35. The lowest BCUT2D eigenvalue weighted by Gasteiger charge is -2.11. The van der Waals surface area contributed by atoms with Crippen LogP contribution in [0.5, 0.6) is 0 Å². The average molecular weight is 442 g/mol. The van der Waals surface area contributed by atoms with Gasteiger partial charge in [0, 0.05) is 33.5 Å². The van der Waals surface area contributed by atoms with Crippen LogP contribution in [0, 0.1) is 0 Å². The third-order valence-electron chi connectivity index (χ3n) is 4.23. The van der Waals surface area contributed by atoms with Crippen LogP contribution in [-0.2, 0) is 16.0 Å². The van der Waals surface area contributed by atoms with Gasteiger partial charge in [0.15, 0.2) is 0 Å². The highest BCUT2D eigenvalue weighted by Crippen LogP contribution is 2.22. The number of carbonyl (C=O) groups excluding carboxylic acids is 2. The van der Waals surface area contributed by atoms with Crippen LogP contribution in [0.25, 0.3) is 0 Å². The lowest BCUT2D eigenvalue weighted by atomic mass is 10.1. The summed E-state index contributed by atoms with van der Waals surface area (Å²) in [5, 5.41) is 9.54. The van der Waals surface area contributed by atoms with Crippen molar-refractivity contribution in [3.8, 4) is 0 Å². The van der Waals surface area contributed by atoms with Gasteiger partial charge in [0.25, 0.3) is 0 Å². The molecule has 0 aliphatic carbocycles. The van der Waals surface area contributed by atoms with E-state index in [9.17, 15) is 9.59 Å². The second-order valence-corrected chi connectivity index (χ2v) is 7.55. The van der Waals surface area contributed by atoms with Gasteiger partial charge in [-0.25, -0.2) is 0 Å². The summed E-state index contributed by atoms with van der Waals surface area (Å²) in [7, 11) is 0. The van der Waals surface area contributed by atoms with Gasteiger partial charge in [0.05, 0.1) is 6.54 Å². The largest absolute Gasteiger partial charge is 0.376 e. The van der Waals surface area contributed by atoms with Crippen molar-refractivity contribution in [2.75, 3.05) is 22.5 Å². The third kappa shape index (κ3) is 7.10. The molecule has 0 radical (unpaired) electrons. The Morgan fingerprint density at radius 3 is 2.10 bits per heavy atom. The van der Waals surface area contributed by atoms with E-state index in [1.165, 1.54) is 0 Å². The van der Waals surface area contributed by atoms with Crippen LogP contribution in [0.15, 0.2) is 72.8 Å². The van der Waals surface area contributed by atoms with Gasteiger partial charge in [-0.05, 0) is 48.4 Å². The van der Waals surface area contributed by atoms with Crippen LogP contribution in [0.4, 0.5) is 17.1 Å². The number of anilines is 3. The Labute approximate surface area is 185 Å². The van der Waals surface area contributed by atoms with Crippen LogP contribution in [0.3, 0.4) is 0 Å². The molecule has 0 saturated heterocycles. The van der Waals surface area contributed by atoms with E-state index in [2.05, 4.69) is 16.0 Å². The molecule has 0 heterocycles. The topological polar surface area (TPSA) is 70.2 Å². The number of aryl methyl sites for hydroxylation is 1. The van der Waals surface area contributed by atoms with Crippen molar-refractivity contribution in [3.63, 3.8) is 0 Å². The van der Waals surface area contributed by atoms with Crippen molar-refractivity contribution in [1.29, 1.82) is 0 Å². The molecule has 7 heteroatoms. The summed E-state index contributed by atoms with van der Waals surface area (Å²) >= 11 is 11.9. The number of hydrogen-bond acceptors (Lipinski definition) is 3. The van der Waals surface area contributed by atoms with Crippen molar-refractivity contribution in [2.45, 2.75) is 12.8 Å². The maximum atomic E-state index is 12.2. The lowest BCUT2D eigenvalue weighted by Crippen LogP contribution is -2.21. The number of nitrogens with one attached hydrogen (secondary N) is 3. The summed E-state index contributed by atoms with van der Waals surface area (Å²) in [5.74, 6) is -0.308. The predicted octanol–water partition coefficient (Wildman–Crippen LogP) is 5.62. The Bertz CT molecular complexity index is 1010. The number of rotatable bonds is 8. The van der Waals surface area contributed by atoms with Gasteiger partial charge < -0.3 is 16.0 Å². The van der Waals surface area contributed by atoms with E-state index < -0.39 is 0 Å². The van der Waals surface area contributed by atoms with Crippen molar-refractivity contribution in [2.24, 2.45) is 0 Å². The molecule has 30 heavy (non-hydrogen) atoms. The zero-order valence-electron chi connectivity index (χ0n) is 16.1. The molecule has 5 nitrogen and oxygen atoms in total. The highest BCUT2D eigenvalue weighted by atomic mass is 35.5. The number of amides is 2. The van der Waals surface area contributed by atoms with Gasteiger partial charge in [-0.1, -0.05) is 59.6 Å². The predicted molar refractivity (Wildman–Crippen MR) is 123 cm³/mol. The maximum Gasteiger partial charge on any atom is 0.243 e. The molecule has 0 saturated carbocycles. The molecule has 0 unspecified atom stereocenters.